The third-order valence-corrected chi connectivity index (χ3v) is 4.87. The van der Waals surface area contributed by atoms with E-state index in [4.69, 9.17) is 9.26 Å². The Bertz CT molecular complexity index is 949. The molecule has 0 saturated carbocycles. The minimum Gasteiger partial charge on any atom is -0.496 e. The molecule has 0 N–H and O–H groups in total. The topological polar surface area (TPSA) is 68.5 Å². The van der Waals surface area contributed by atoms with Crippen molar-refractivity contribution in [1.29, 1.82) is 0 Å². The standard InChI is InChI=1S/C21H21N3O3/c1-14-7-9-15(10-8-14)20-22-21(27-23-20)17-11-19(25)24(13-17)12-16-5-3-4-6-18(16)26-2/h3-10,17H,11-13H2,1-2H3. The van der Waals surface area contributed by atoms with Gasteiger partial charge in [-0.3, -0.25) is 4.79 Å². The summed E-state index contributed by atoms with van der Waals surface area (Å²) in [7, 11) is 1.64. The number of nitrogens with zero attached hydrogens (tertiary/aromatic N) is 3. The van der Waals surface area contributed by atoms with Crippen LogP contribution in [0.3, 0.4) is 0 Å². The maximum Gasteiger partial charge on any atom is 0.232 e. The van der Waals surface area contributed by atoms with E-state index >= 15 is 0 Å². The molecule has 138 valence electrons. The van der Waals surface area contributed by atoms with Gasteiger partial charge in [0.25, 0.3) is 0 Å². The van der Waals surface area contributed by atoms with Gasteiger partial charge in [0.1, 0.15) is 5.75 Å². The summed E-state index contributed by atoms with van der Waals surface area (Å²) in [5.74, 6) is 1.86. The number of aromatic nitrogens is 2. The van der Waals surface area contributed by atoms with Gasteiger partial charge in [-0.15, -0.1) is 0 Å². The van der Waals surface area contributed by atoms with Crippen LogP contribution in [-0.2, 0) is 11.3 Å². The Morgan fingerprint density at radius 2 is 1.96 bits per heavy atom. The van der Waals surface area contributed by atoms with Gasteiger partial charge >= 0.3 is 0 Å². The predicted molar refractivity (Wildman–Crippen MR) is 100 cm³/mol. The van der Waals surface area contributed by atoms with Crippen molar-refractivity contribution >= 4 is 5.91 Å². The van der Waals surface area contributed by atoms with E-state index < -0.39 is 0 Å². The number of hydrogen-bond acceptors (Lipinski definition) is 5. The van der Waals surface area contributed by atoms with Crippen LogP contribution >= 0.6 is 0 Å². The van der Waals surface area contributed by atoms with Gasteiger partial charge in [-0.1, -0.05) is 53.2 Å². The summed E-state index contributed by atoms with van der Waals surface area (Å²) in [6, 6.07) is 15.7. The number of para-hydroxylation sites is 1. The molecule has 27 heavy (non-hydrogen) atoms. The Balaban J connectivity index is 1.48. The number of benzene rings is 2. The van der Waals surface area contributed by atoms with E-state index in [1.807, 2.05) is 60.4 Å². The van der Waals surface area contributed by atoms with Gasteiger partial charge < -0.3 is 14.2 Å². The van der Waals surface area contributed by atoms with Crippen molar-refractivity contribution in [3.63, 3.8) is 0 Å². The third kappa shape index (κ3) is 3.56. The quantitative estimate of drug-likeness (QED) is 0.693. The second-order valence-electron chi connectivity index (χ2n) is 6.81. The Kier molecular flexibility index (Phi) is 4.62. The van der Waals surface area contributed by atoms with Crippen molar-refractivity contribution in [2.45, 2.75) is 25.8 Å². The van der Waals surface area contributed by atoms with Crippen LogP contribution in [0.25, 0.3) is 11.4 Å². The summed E-state index contributed by atoms with van der Waals surface area (Å²) in [6.07, 6.45) is 0.380. The van der Waals surface area contributed by atoms with Gasteiger partial charge in [-0.2, -0.15) is 4.98 Å². The van der Waals surface area contributed by atoms with Crippen LogP contribution in [0.2, 0.25) is 0 Å². The number of likely N-dealkylation sites (tertiary alicyclic amines) is 1. The minimum atomic E-state index is -0.0843. The fourth-order valence-corrected chi connectivity index (χ4v) is 3.35. The lowest BCUT2D eigenvalue weighted by atomic mass is 10.1. The summed E-state index contributed by atoms with van der Waals surface area (Å²) in [4.78, 5) is 18.8. The van der Waals surface area contributed by atoms with Gasteiger partial charge in [0.2, 0.25) is 17.6 Å². The zero-order chi connectivity index (χ0) is 18.8. The molecule has 2 heterocycles. The van der Waals surface area contributed by atoms with Crippen LogP contribution in [-0.4, -0.2) is 34.6 Å². The van der Waals surface area contributed by atoms with Crippen LogP contribution < -0.4 is 4.74 Å². The maximum atomic E-state index is 12.5. The highest BCUT2D eigenvalue weighted by molar-refractivity contribution is 5.79. The Morgan fingerprint density at radius 3 is 2.74 bits per heavy atom. The number of carbonyl (C=O) groups excluding carboxylic acids is 1. The average molecular weight is 363 g/mol. The monoisotopic (exact) mass is 363 g/mol. The molecular weight excluding hydrogens is 342 g/mol. The molecule has 1 aliphatic rings. The third-order valence-electron chi connectivity index (χ3n) is 4.87. The number of amides is 1. The van der Waals surface area contributed by atoms with Crippen LogP contribution in [0.4, 0.5) is 0 Å². The smallest absolute Gasteiger partial charge is 0.232 e. The lowest BCUT2D eigenvalue weighted by molar-refractivity contribution is -0.128. The van der Waals surface area contributed by atoms with E-state index in [0.29, 0.717) is 31.2 Å². The lowest BCUT2D eigenvalue weighted by Gasteiger charge is -2.17. The van der Waals surface area contributed by atoms with Crippen LogP contribution in [0.5, 0.6) is 5.75 Å². The molecule has 1 saturated heterocycles. The first-order chi connectivity index (χ1) is 13.1. The van der Waals surface area contributed by atoms with E-state index in [1.165, 1.54) is 5.56 Å². The Labute approximate surface area is 157 Å². The van der Waals surface area contributed by atoms with E-state index in [1.54, 1.807) is 7.11 Å². The van der Waals surface area contributed by atoms with Crippen LogP contribution in [0, 0.1) is 6.92 Å². The van der Waals surface area contributed by atoms with E-state index in [2.05, 4.69) is 10.1 Å². The molecule has 3 aromatic rings. The molecule has 2 aromatic carbocycles. The van der Waals surface area contributed by atoms with Gasteiger partial charge in [-0.25, -0.2) is 0 Å². The molecule has 0 spiro atoms. The number of aryl methyl sites for hydroxylation is 1. The summed E-state index contributed by atoms with van der Waals surface area (Å²) in [6.45, 7) is 3.11. The van der Waals surface area contributed by atoms with Gasteiger partial charge in [-0.05, 0) is 13.0 Å². The summed E-state index contributed by atoms with van der Waals surface area (Å²) in [5.41, 5.74) is 3.07. The molecule has 1 aromatic heterocycles. The minimum absolute atomic E-state index is 0.0843. The lowest BCUT2D eigenvalue weighted by Crippen LogP contribution is -2.24. The first kappa shape index (κ1) is 17.3. The normalized spacial score (nSPS) is 16.7. The van der Waals surface area contributed by atoms with E-state index in [-0.39, 0.29) is 11.8 Å². The van der Waals surface area contributed by atoms with Gasteiger partial charge in [0.15, 0.2) is 0 Å². The number of ether oxygens (including phenoxy) is 1. The van der Waals surface area contributed by atoms with E-state index in [9.17, 15) is 4.79 Å². The second kappa shape index (κ2) is 7.23. The summed E-state index contributed by atoms with van der Waals surface area (Å²) in [5, 5.41) is 4.09. The highest BCUT2D eigenvalue weighted by atomic mass is 16.5. The van der Waals surface area contributed by atoms with Gasteiger partial charge in [0, 0.05) is 30.6 Å². The maximum absolute atomic E-state index is 12.5. The van der Waals surface area contributed by atoms with Crippen molar-refractivity contribution in [3.8, 4) is 17.1 Å². The van der Waals surface area contributed by atoms with Crippen molar-refractivity contribution in [3.05, 3.63) is 65.5 Å². The number of methoxy groups -OCH3 is 1. The molecule has 1 aliphatic heterocycles. The SMILES string of the molecule is COc1ccccc1CN1CC(c2nc(-c3ccc(C)cc3)no2)CC1=O. The molecule has 1 fully saturated rings. The van der Waals surface area contributed by atoms with Crippen molar-refractivity contribution in [2.24, 2.45) is 0 Å². The van der Waals surface area contributed by atoms with Gasteiger partial charge in [0.05, 0.1) is 13.0 Å². The molecule has 4 rings (SSSR count). The van der Waals surface area contributed by atoms with Crippen molar-refractivity contribution < 1.29 is 14.1 Å². The number of carbonyl (C=O) groups is 1. The van der Waals surface area contributed by atoms with Crippen molar-refractivity contribution in [1.82, 2.24) is 15.0 Å². The second-order valence-corrected chi connectivity index (χ2v) is 6.81. The predicted octanol–water partition coefficient (Wildman–Crippen LogP) is 3.57. The van der Waals surface area contributed by atoms with Crippen LogP contribution in [0.15, 0.2) is 53.1 Å². The molecular formula is C21H21N3O3. The number of hydrogen-bond donors (Lipinski definition) is 0. The first-order valence-electron chi connectivity index (χ1n) is 8.94. The Morgan fingerprint density at radius 1 is 1.19 bits per heavy atom. The molecule has 0 radical (unpaired) electrons. The van der Waals surface area contributed by atoms with E-state index in [0.717, 1.165) is 16.9 Å². The van der Waals surface area contributed by atoms with Crippen molar-refractivity contribution in [2.75, 3.05) is 13.7 Å². The molecule has 1 unspecified atom stereocenters. The number of rotatable bonds is 5. The highest BCUT2D eigenvalue weighted by Gasteiger charge is 2.34. The summed E-state index contributed by atoms with van der Waals surface area (Å²) >= 11 is 0. The average Bonchev–Trinajstić information content (AvgIpc) is 3.30. The zero-order valence-electron chi connectivity index (χ0n) is 15.4. The molecule has 6 heteroatoms. The largest absolute Gasteiger partial charge is 0.496 e. The first-order valence-corrected chi connectivity index (χ1v) is 8.94. The molecule has 0 bridgehead atoms. The molecule has 0 aliphatic carbocycles. The Hall–Kier alpha value is -3.15. The fourth-order valence-electron chi connectivity index (χ4n) is 3.35. The summed E-state index contributed by atoms with van der Waals surface area (Å²) < 4.78 is 10.8. The highest BCUT2D eigenvalue weighted by Crippen LogP contribution is 2.31. The fraction of sp³-hybridized carbons (Fsp3) is 0.286. The molecule has 1 atom stereocenters. The van der Waals surface area contributed by atoms with Crippen LogP contribution in [0.1, 0.15) is 29.4 Å². The molecule has 1 amide bonds. The zero-order valence-corrected chi connectivity index (χ0v) is 15.4. The molecule has 6 nitrogen and oxygen atoms in total.